The first-order chi connectivity index (χ1) is 21.1. The second-order valence-electron chi connectivity index (χ2n) is 9.34. The number of carboxylic acids is 1. The quantitative estimate of drug-likeness (QED) is 0.122. The smallest absolute Gasteiger partial charge is 0.487 e. The minimum absolute atomic E-state index is 0.373. The number of carbonyl (C=O) groups excluding carboxylic acids is 1. The van der Waals surface area contributed by atoms with Crippen molar-refractivity contribution >= 4 is 18.1 Å². The average Bonchev–Trinajstić information content (AvgIpc) is 3.01. The third kappa shape index (κ3) is 14.4. The van der Waals surface area contributed by atoms with E-state index < -0.39 is 18.2 Å². The molecule has 0 fully saturated rings. The van der Waals surface area contributed by atoms with Crippen LogP contribution in [-0.2, 0) is 32.2 Å². The van der Waals surface area contributed by atoms with E-state index in [0.29, 0.717) is 82.6 Å². The van der Waals surface area contributed by atoms with Gasteiger partial charge in [-0.25, -0.2) is 4.79 Å². The molecule has 1 atom stereocenters. The number of carboxylic acid groups (broad SMARTS) is 1. The summed E-state index contributed by atoms with van der Waals surface area (Å²) in [7, 11) is 0. The van der Waals surface area contributed by atoms with Gasteiger partial charge in [0.1, 0.15) is 12.4 Å². The van der Waals surface area contributed by atoms with E-state index in [9.17, 15) is 23.1 Å². The van der Waals surface area contributed by atoms with Gasteiger partial charge < -0.3 is 35.5 Å². The number of aliphatic hydroxyl groups is 1. The SMILES string of the molecule is NCCOCCOCCN(Cc1ccccc1)CC(O)c1ccc(OCc2ccccc2)c(NC=O)c1.O=C(O)C(F)(F)F. The first-order valence-electron chi connectivity index (χ1n) is 13.7. The Morgan fingerprint density at radius 2 is 1.52 bits per heavy atom. The third-order valence-corrected chi connectivity index (χ3v) is 5.95. The van der Waals surface area contributed by atoms with Crippen LogP contribution >= 0.6 is 0 Å². The Morgan fingerprint density at radius 3 is 2.09 bits per heavy atom. The van der Waals surface area contributed by atoms with Gasteiger partial charge in [-0.2, -0.15) is 13.2 Å². The fourth-order valence-electron chi connectivity index (χ4n) is 3.82. The van der Waals surface area contributed by atoms with Crippen LogP contribution in [-0.4, -0.2) is 79.7 Å². The molecule has 0 aliphatic rings. The van der Waals surface area contributed by atoms with Gasteiger partial charge in [-0.15, -0.1) is 0 Å². The van der Waals surface area contributed by atoms with Gasteiger partial charge in [-0.1, -0.05) is 66.7 Å². The zero-order valence-corrected chi connectivity index (χ0v) is 24.1. The summed E-state index contributed by atoms with van der Waals surface area (Å²) in [4.78, 5) is 22.3. The number of rotatable bonds is 18. The van der Waals surface area contributed by atoms with Crippen molar-refractivity contribution in [2.45, 2.75) is 25.4 Å². The minimum Gasteiger partial charge on any atom is -0.487 e. The first kappa shape index (κ1) is 36.2. The minimum atomic E-state index is -5.08. The molecule has 13 heteroatoms. The van der Waals surface area contributed by atoms with Crippen LogP contribution < -0.4 is 15.8 Å². The molecule has 1 unspecified atom stereocenters. The number of halogens is 3. The molecule has 0 bridgehead atoms. The number of alkyl halides is 3. The van der Waals surface area contributed by atoms with Crippen LogP contribution in [0.1, 0.15) is 22.8 Å². The van der Waals surface area contributed by atoms with E-state index in [0.717, 1.165) is 11.1 Å². The second kappa shape index (κ2) is 20.0. The molecular weight excluding hydrogens is 583 g/mol. The van der Waals surface area contributed by atoms with E-state index in [1.165, 1.54) is 0 Å². The molecule has 0 spiro atoms. The van der Waals surface area contributed by atoms with Crippen LogP contribution in [0.25, 0.3) is 0 Å². The van der Waals surface area contributed by atoms with Gasteiger partial charge in [0.2, 0.25) is 6.41 Å². The summed E-state index contributed by atoms with van der Waals surface area (Å²) < 4.78 is 48.7. The number of amides is 1. The molecule has 0 aliphatic heterocycles. The van der Waals surface area contributed by atoms with Crippen LogP contribution in [0.2, 0.25) is 0 Å². The molecule has 0 aliphatic carbocycles. The number of nitrogens with one attached hydrogen (secondary N) is 1. The summed E-state index contributed by atoms with van der Waals surface area (Å²) in [5.41, 5.74) is 8.79. The van der Waals surface area contributed by atoms with Gasteiger partial charge in [0.05, 0.1) is 38.2 Å². The van der Waals surface area contributed by atoms with E-state index in [2.05, 4.69) is 22.3 Å². The zero-order chi connectivity index (χ0) is 32.2. The number of aliphatic hydroxyl groups excluding tert-OH is 1. The van der Waals surface area contributed by atoms with Gasteiger partial charge in [0.25, 0.3) is 0 Å². The second-order valence-corrected chi connectivity index (χ2v) is 9.34. The Hall–Kier alpha value is -4.01. The lowest BCUT2D eigenvalue weighted by molar-refractivity contribution is -0.192. The predicted molar refractivity (Wildman–Crippen MR) is 158 cm³/mol. The van der Waals surface area contributed by atoms with Gasteiger partial charge in [0, 0.05) is 26.2 Å². The highest BCUT2D eigenvalue weighted by atomic mass is 19.4. The Bertz CT molecular complexity index is 1240. The molecule has 3 aromatic carbocycles. The lowest BCUT2D eigenvalue weighted by Crippen LogP contribution is -2.32. The molecule has 0 saturated heterocycles. The fraction of sp³-hybridized carbons (Fsp3) is 0.355. The number of aliphatic carboxylic acids is 1. The number of anilines is 1. The maximum atomic E-state index is 11.2. The maximum Gasteiger partial charge on any atom is 0.490 e. The summed E-state index contributed by atoms with van der Waals surface area (Å²) in [6, 6.07) is 25.3. The van der Waals surface area contributed by atoms with Crippen LogP contribution in [0.3, 0.4) is 0 Å². The molecule has 10 nitrogen and oxygen atoms in total. The zero-order valence-electron chi connectivity index (χ0n) is 24.1. The van der Waals surface area contributed by atoms with Crippen molar-refractivity contribution in [3.63, 3.8) is 0 Å². The Labute approximate surface area is 254 Å². The number of hydrogen-bond donors (Lipinski definition) is 4. The fourth-order valence-corrected chi connectivity index (χ4v) is 3.82. The summed E-state index contributed by atoms with van der Waals surface area (Å²) >= 11 is 0. The molecule has 0 saturated carbocycles. The van der Waals surface area contributed by atoms with Crippen molar-refractivity contribution < 1.29 is 47.2 Å². The topological polar surface area (TPSA) is 144 Å². The average molecular weight is 622 g/mol. The lowest BCUT2D eigenvalue weighted by Gasteiger charge is -2.26. The van der Waals surface area contributed by atoms with Crippen molar-refractivity contribution in [2.75, 3.05) is 51.4 Å². The third-order valence-electron chi connectivity index (χ3n) is 5.95. The number of nitrogens with zero attached hydrogens (tertiary/aromatic N) is 1. The highest BCUT2D eigenvalue weighted by molar-refractivity contribution is 5.76. The number of nitrogens with two attached hydrogens (primary N) is 1. The van der Waals surface area contributed by atoms with E-state index in [4.69, 9.17) is 29.8 Å². The summed E-state index contributed by atoms with van der Waals surface area (Å²) in [6.45, 7) is 4.60. The van der Waals surface area contributed by atoms with Gasteiger partial charge in [0.15, 0.2) is 0 Å². The normalized spacial score (nSPS) is 11.8. The maximum absolute atomic E-state index is 11.2. The number of carbonyl (C=O) groups is 2. The molecule has 0 heterocycles. The lowest BCUT2D eigenvalue weighted by atomic mass is 10.1. The number of benzene rings is 3. The van der Waals surface area contributed by atoms with Gasteiger partial charge in [-0.05, 0) is 28.8 Å². The highest BCUT2D eigenvalue weighted by Gasteiger charge is 2.38. The van der Waals surface area contributed by atoms with Gasteiger partial charge >= 0.3 is 12.1 Å². The highest BCUT2D eigenvalue weighted by Crippen LogP contribution is 2.29. The van der Waals surface area contributed by atoms with Crippen molar-refractivity contribution in [1.82, 2.24) is 4.90 Å². The first-order valence-corrected chi connectivity index (χ1v) is 13.7. The van der Waals surface area contributed by atoms with E-state index in [1.807, 2.05) is 54.6 Å². The van der Waals surface area contributed by atoms with Crippen molar-refractivity contribution in [3.05, 3.63) is 95.6 Å². The molecule has 0 aromatic heterocycles. The summed E-state index contributed by atoms with van der Waals surface area (Å²) in [5.74, 6) is -2.22. The van der Waals surface area contributed by atoms with E-state index >= 15 is 0 Å². The van der Waals surface area contributed by atoms with Crippen LogP contribution in [0.4, 0.5) is 18.9 Å². The standard InChI is InChI=1S/C29H37N3O5.C2HF3O2/c30-13-15-35-17-18-36-16-14-32(20-24-7-3-1-4-8-24)21-28(34)26-11-12-29(27(19-26)31-23-33)37-22-25-9-5-2-6-10-25;3-2(4,5)1(6)7/h1-12,19,23,28,34H,13-18,20-22,30H2,(H,31,33);(H,6,7). The predicted octanol–water partition coefficient (Wildman–Crippen LogP) is 3.99. The summed E-state index contributed by atoms with van der Waals surface area (Å²) in [6.07, 6.45) is -5.25. The van der Waals surface area contributed by atoms with E-state index in [1.54, 1.807) is 12.1 Å². The molecule has 44 heavy (non-hydrogen) atoms. The molecular formula is C31H38F3N3O7. The van der Waals surface area contributed by atoms with Crippen LogP contribution in [0.5, 0.6) is 5.75 Å². The number of hydrogen-bond acceptors (Lipinski definition) is 8. The Kier molecular flexibility index (Phi) is 16.5. The Morgan fingerprint density at radius 1 is 0.932 bits per heavy atom. The Balaban J connectivity index is 0.000000860. The van der Waals surface area contributed by atoms with E-state index in [-0.39, 0.29) is 0 Å². The monoisotopic (exact) mass is 621 g/mol. The number of ether oxygens (including phenoxy) is 3. The van der Waals surface area contributed by atoms with Crippen LogP contribution in [0, 0.1) is 0 Å². The van der Waals surface area contributed by atoms with Crippen molar-refractivity contribution in [2.24, 2.45) is 5.73 Å². The van der Waals surface area contributed by atoms with Crippen LogP contribution in [0.15, 0.2) is 78.9 Å². The van der Waals surface area contributed by atoms with Gasteiger partial charge in [-0.3, -0.25) is 9.69 Å². The summed E-state index contributed by atoms with van der Waals surface area (Å²) in [5, 5.41) is 20.9. The van der Waals surface area contributed by atoms with Crippen molar-refractivity contribution in [3.8, 4) is 5.75 Å². The molecule has 3 rings (SSSR count). The molecule has 1 amide bonds. The molecule has 5 N–H and O–H groups in total. The largest absolute Gasteiger partial charge is 0.490 e. The molecule has 0 radical (unpaired) electrons. The molecule has 240 valence electrons. The molecule has 3 aromatic rings. The van der Waals surface area contributed by atoms with Crippen molar-refractivity contribution in [1.29, 1.82) is 0 Å².